The van der Waals surface area contributed by atoms with Crippen molar-refractivity contribution in [2.45, 2.75) is 38.3 Å². The lowest BCUT2D eigenvalue weighted by molar-refractivity contribution is -0.131. The molecule has 0 atom stereocenters. The average molecular weight is 413 g/mol. The largest absolute Gasteiger partial charge is 0.352 e. The van der Waals surface area contributed by atoms with Crippen molar-refractivity contribution >= 4 is 34.9 Å². The molecule has 0 radical (unpaired) electrons. The second-order valence-electron chi connectivity index (χ2n) is 7.39. The molecule has 2 heterocycles. The van der Waals surface area contributed by atoms with Gasteiger partial charge in [0.05, 0.1) is 0 Å². The highest BCUT2D eigenvalue weighted by Gasteiger charge is 2.23. The SMILES string of the molecule is O=C(Nc1ccc(C(=O)NCCC(=O)N2CCc3sccc3C2)cc1)NC1CC1. The predicted octanol–water partition coefficient (Wildman–Crippen LogP) is 2.74. The Bertz CT molecular complexity index is 905. The van der Waals surface area contributed by atoms with Crippen LogP contribution in [-0.2, 0) is 17.8 Å². The van der Waals surface area contributed by atoms with Crippen molar-refractivity contribution in [1.29, 1.82) is 0 Å². The lowest BCUT2D eigenvalue weighted by Gasteiger charge is -2.27. The van der Waals surface area contributed by atoms with E-state index in [0.717, 1.165) is 25.8 Å². The van der Waals surface area contributed by atoms with Crippen molar-refractivity contribution in [3.05, 3.63) is 51.7 Å². The van der Waals surface area contributed by atoms with Gasteiger partial charge in [0.2, 0.25) is 5.91 Å². The van der Waals surface area contributed by atoms with E-state index in [0.29, 0.717) is 30.4 Å². The molecular weight excluding hydrogens is 388 g/mol. The van der Waals surface area contributed by atoms with Crippen molar-refractivity contribution in [3.63, 3.8) is 0 Å². The van der Waals surface area contributed by atoms with Gasteiger partial charge in [0.25, 0.3) is 5.91 Å². The van der Waals surface area contributed by atoms with Gasteiger partial charge in [0, 0.05) is 48.2 Å². The van der Waals surface area contributed by atoms with Crippen LogP contribution in [0.15, 0.2) is 35.7 Å². The zero-order valence-electron chi connectivity index (χ0n) is 16.1. The summed E-state index contributed by atoms with van der Waals surface area (Å²) in [4.78, 5) is 39.6. The minimum absolute atomic E-state index is 0.0587. The summed E-state index contributed by atoms with van der Waals surface area (Å²) in [5.74, 6) is -0.172. The minimum atomic E-state index is -0.231. The first kappa shape index (κ1) is 19.4. The molecule has 2 aliphatic rings. The Labute approximate surface area is 173 Å². The predicted molar refractivity (Wildman–Crippen MR) is 112 cm³/mol. The molecule has 1 saturated carbocycles. The van der Waals surface area contributed by atoms with Crippen molar-refractivity contribution < 1.29 is 14.4 Å². The molecule has 3 N–H and O–H groups in total. The summed E-state index contributed by atoms with van der Waals surface area (Å²) in [6.07, 6.45) is 3.25. The van der Waals surface area contributed by atoms with Gasteiger partial charge in [0.1, 0.15) is 0 Å². The summed E-state index contributed by atoms with van der Waals surface area (Å²) in [6, 6.07) is 8.85. The van der Waals surface area contributed by atoms with Gasteiger partial charge in [-0.25, -0.2) is 4.79 Å². The third-order valence-electron chi connectivity index (χ3n) is 5.10. The number of hydrogen-bond donors (Lipinski definition) is 3. The van der Waals surface area contributed by atoms with E-state index in [-0.39, 0.29) is 24.3 Å². The molecule has 1 aromatic heterocycles. The van der Waals surface area contributed by atoms with Gasteiger partial charge in [0.15, 0.2) is 0 Å². The van der Waals surface area contributed by atoms with E-state index in [1.807, 2.05) is 4.90 Å². The van der Waals surface area contributed by atoms with Gasteiger partial charge in [-0.05, 0) is 60.5 Å². The summed E-state index contributed by atoms with van der Waals surface area (Å²) in [5, 5.41) is 10.5. The molecule has 1 aromatic carbocycles. The van der Waals surface area contributed by atoms with Gasteiger partial charge in [-0.2, -0.15) is 0 Å². The van der Waals surface area contributed by atoms with Gasteiger partial charge in [-0.1, -0.05) is 0 Å². The first-order valence-corrected chi connectivity index (χ1v) is 10.8. The Morgan fingerprint density at radius 2 is 1.90 bits per heavy atom. The third-order valence-corrected chi connectivity index (χ3v) is 6.13. The number of rotatable bonds is 6. The maximum Gasteiger partial charge on any atom is 0.319 e. The van der Waals surface area contributed by atoms with Gasteiger partial charge in [-0.15, -0.1) is 11.3 Å². The third kappa shape index (κ3) is 5.14. The summed E-state index contributed by atoms with van der Waals surface area (Å²) in [7, 11) is 0. The Balaban J connectivity index is 1.20. The fourth-order valence-corrected chi connectivity index (χ4v) is 4.18. The summed E-state index contributed by atoms with van der Waals surface area (Å²) < 4.78 is 0. The van der Waals surface area contributed by atoms with Crippen molar-refractivity contribution in [3.8, 4) is 0 Å². The number of benzene rings is 1. The monoisotopic (exact) mass is 412 g/mol. The molecule has 4 rings (SSSR count). The molecule has 0 spiro atoms. The van der Waals surface area contributed by atoms with Crippen LogP contribution < -0.4 is 16.0 Å². The maximum absolute atomic E-state index is 12.4. The number of carbonyl (C=O) groups is 3. The molecule has 1 aliphatic carbocycles. The van der Waals surface area contributed by atoms with Crippen LogP contribution in [0, 0.1) is 0 Å². The Morgan fingerprint density at radius 3 is 2.66 bits per heavy atom. The molecule has 7 nitrogen and oxygen atoms in total. The molecule has 1 aliphatic heterocycles. The smallest absolute Gasteiger partial charge is 0.319 e. The Morgan fingerprint density at radius 1 is 1.10 bits per heavy atom. The molecule has 4 amide bonds. The van der Waals surface area contributed by atoms with Crippen LogP contribution in [0.25, 0.3) is 0 Å². The number of urea groups is 1. The minimum Gasteiger partial charge on any atom is -0.352 e. The number of hydrogen-bond acceptors (Lipinski definition) is 4. The second-order valence-corrected chi connectivity index (χ2v) is 8.39. The molecule has 2 aromatic rings. The van der Waals surface area contributed by atoms with E-state index in [2.05, 4.69) is 27.4 Å². The normalized spacial score (nSPS) is 15.4. The van der Waals surface area contributed by atoms with E-state index in [1.165, 1.54) is 10.4 Å². The number of fused-ring (bicyclic) bond motifs is 1. The summed E-state index contributed by atoms with van der Waals surface area (Å²) in [5.41, 5.74) is 2.36. The van der Waals surface area contributed by atoms with Crippen LogP contribution in [0.4, 0.5) is 10.5 Å². The van der Waals surface area contributed by atoms with E-state index < -0.39 is 0 Å². The molecule has 0 saturated heterocycles. The maximum atomic E-state index is 12.4. The Kier molecular flexibility index (Phi) is 5.80. The fraction of sp³-hybridized carbons (Fsp3) is 0.381. The lowest BCUT2D eigenvalue weighted by atomic mass is 10.1. The van der Waals surface area contributed by atoms with E-state index in [1.54, 1.807) is 35.6 Å². The van der Waals surface area contributed by atoms with Crippen LogP contribution in [0.1, 0.15) is 40.1 Å². The molecule has 0 bridgehead atoms. The van der Waals surface area contributed by atoms with Crippen LogP contribution >= 0.6 is 11.3 Å². The highest BCUT2D eigenvalue weighted by atomic mass is 32.1. The van der Waals surface area contributed by atoms with Crippen LogP contribution in [0.2, 0.25) is 0 Å². The van der Waals surface area contributed by atoms with Crippen molar-refractivity contribution in [1.82, 2.24) is 15.5 Å². The molecule has 0 unspecified atom stereocenters. The first-order valence-electron chi connectivity index (χ1n) is 9.87. The summed E-state index contributed by atoms with van der Waals surface area (Å²) >= 11 is 1.75. The molecule has 1 fully saturated rings. The number of amides is 4. The van der Waals surface area contributed by atoms with Gasteiger partial charge < -0.3 is 20.9 Å². The number of thiophene rings is 1. The van der Waals surface area contributed by atoms with Crippen molar-refractivity contribution in [2.24, 2.45) is 0 Å². The zero-order valence-corrected chi connectivity index (χ0v) is 16.9. The van der Waals surface area contributed by atoms with E-state index in [9.17, 15) is 14.4 Å². The van der Waals surface area contributed by atoms with Gasteiger partial charge >= 0.3 is 6.03 Å². The standard InChI is InChI=1S/C21H24N4O3S/c26-19(25-11-8-18-15(13-25)9-12-29-18)7-10-22-20(27)14-1-3-16(4-2-14)23-21(28)24-17-5-6-17/h1-4,9,12,17H,5-8,10-11,13H2,(H,22,27)(H2,23,24,28). The fourth-order valence-electron chi connectivity index (χ4n) is 3.29. The van der Waals surface area contributed by atoms with E-state index in [4.69, 9.17) is 0 Å². The highest BCUT2D eigenvalue weighted by Crippen LogP contribution is 2.24. The number of nitrogens with one attached hydrogen (secondary N) is 3. The highest BCUT2D eigenvalue weighted by molar-refractivity contribution is 7.10. The molecule has 152 valence electrons. The van der Waals surface area contributed by atoms with Crippen molar-refractivity contribution in [2.75, 3.05) is 18.4 Å². The number of carbonyl (C=O) groups excluding carboxylic acids is 3. The van der Waals surface area contributed by atoms with Crippen LogP contribution in [0.3, 0.4) is 0 Å². The number of anilines is 1. The molecule has 29 heavy (non-hydrogen) atoms. The zero-order chi connectivity index (χ0) is 20.2. The second kappa shape index (κ2) is 8.65. The van der Waals surface area contributed by atoms with Gasteiger partial charge in [-0.3, -0.25) is 9.59 Å². The topological polar surface area (TPSA) is 90.5 Å². The van der Waals surface area contributed by atoms with E-state index >= 15 is 0 Å². The molecular formula is C21H24N4O3S. The lowest BCUT2D eigenvalue weighted by Crippen LogP contribution is -2.37. The average Bonchev–Trinajstić information content (AvgIpc) is 3.40. The quantitative estimate of drug-likeness (QED) is 0.681. The summed E-state index contributed by atoms with van der Waals surface area (Å²) in [6.45, 7) is 1.70. The van der Waals surface area contributed by atoms with Crippen LogP contribution in [-0.4, -0.2) is 41.9 Å². The van der Waals surface area contributed by atoms with Crippen LogP contribution in [0.5, 0.6) is 0 Å². The molecule has 8 heteroatoms. The number of nitrogens with zero attached hydrogens (tertiary/aromatic N) is 1. The first-order chi connectivity index (χ1) is 14.1. The Hall–Kier alpha value is -2.87.